The van der Waals surface area contributed by atoms with Crippen LogP contribution >= 0.6 is 0 Å². The number of halogens is 2. The van der Waals surface area contributed by atoms with Crippen molar-refractivity contribution < 1.29 is 8.78 Å². The first-order chi connectivity index (χ1) is 8.06. The lowest BCUT2D eigenvalue weighted by atomic mass is 10.1. The van der Waals surface area contributed by atoms with Crippen LogP contribution in [-0.4, -0.2) is 12.1 Å². The monoisotopic (exact) mass is 240 g/mol. The molecule has 0 aromatic heterocycles. The average molecular weight is 240 g/mol. The van der Waals surface area contributed by atoms with Crippen molar-refractivity contribution in [1.82, 2.24) is 5.32 Å². The van der Waals surface area contributed by atoms with Gasteiger partial charge in [0, 0.05) is 18.1 Å². The maximum absolute atomic E-state index is 13.1. The van der Waals surface area contributed by atoms with Crippen LogP contribution in [0.2, 0.25) is 0 Å². The van der Waals surface area contributed by atoms with Crippen molar-refractivity contribution in [2.45, 2.75) is 44.3 Å². The first-order valence-corrected chi connectivity index (χ1v) is 6.03. The Kier molecular flexibility index (Phi) is 3.74. The Labute approximate surface area is 100 Å². The highest BCUT2D eigenvalue weighted by Crippen LogP contribution is 2.22. The number of nitrogens with one attached hydrogen (secondary N) is 1. The molecule has 0 amide bonds. The molecule has 1 fully saturated rings. The van der Waals surface area contributed by atoms with E-state index in [1.165, 1.54) is 12.1 Å². The highest BCUT2D eigenvalue weighted by atomic mass is 19.2. The molecule has 1 aromatic carbocycles. The SMILES string of the molecule is CC(NC1CCC(N)C1)c1ccc(F)c(F)c1. The Morgan fingerprint density at radius 3 is 2.65 bits per heavy atom. The summed E-state index contributed by atoms with van der Waals surface area (Å²) in [6, 6.07) is 4.70. The van der Waals surface area contributed by atoms with E-state index in [0.29, 0.717) is 6.04 Å². The molecule has 3 unspecified atom stereocenters. The standard InChI is InChI=1S/C13H18F2N2/c1-8(17-11-4-3-10(16)7-11)9-2-5-12(14)13(15)6-9/h2,5-6,8,10-11,17H,3-4,7,16H2,1H3. The number of nitrogens with two attached hydrogens (primary N) is 1. The molecule has 2 nitrogen and oxygen atoms in total. The summed E-state index contributed by atoms with van der Waals surface area (Å²) in [5.74, 6) is -1.59. The summed E-state index contributed by atoms with van der Waals surface area (Å²) in [5, 5.41) is 3.40. The average Bonchev–Trinajstić information content (AvgIpc) is 2.68. The predicted molar refractivity (Wildman–Crippen MR) is 63.5 cm³/mol. The second kappa shape index (κ2) is 5.10. The summed E-state index contributed by atoms with van der Waals surface area (Å²) in [4.78, 5) is 0. The predicted octanol–water partition coefficient (Wildman–Crippen LogP) is 2.50. The van der Waals surface area contributed by atoms with Crippen molar-refractivity contribution in [3.63, 3.8) is 0 Å². The molecule has 0 radical (unpaired) electrons. The molecule has 17 heavy (non-hydrogen) atoms. The van der Waals surface area contributed by atoms with Gasteiger partial charge in [0.05, 0.1) is 0 Å². The van der Waals surface area contributed by atoms with Crippen molar-refractivity contribution in [3.8, 4) is 0 Å². The quantitative estimate of drug-likeness (QED) is 0.852. The lowest BCUT2D eigenvalue weighted by Crippen LogP contribution is -2.30. The van der Waals surface area contributed by atoms with Gasteiger partial charge in [-0.25, -0.2) is 8.78 Å². The number of rotatable bonds is 3. The van der Waals surface area contributed by atoms with Crippen LogP contribution in [0.15, 0.2) is 18.2 Å². The Bertz CT molecular complexity index is 395. The molecule has 1 saturated carbocycles. The van der Waals surface area contributed by atoms with E-state index in [4.69, 9.17) is 5.73 Å². The zero-order chi connectivity index (χ0) is 12.4. The van der Waals surface area contributed by atoms with Gasteiger partial charge >= 0.3 is 0 Å². The number of hydrogen-bond donors (Lipinski definition) is 2. The topological polar surface area (TPSA) is 38.0 Å². The zero-order valence-electron chi connectivity index (χ0n) is 9.92. The van der Waals surface area contributed by atoms with Gasteiger partial charge in [0.15, 0.2) is 11.6 Å². The molecule has 0 spiro atoms. The van der Waals surface area contributed by atoms with Gasteiger partial charge in [-0.05, 0) is 43.9 Å². The van der Waals surface area contributed by atoms with Crippen LogP contribution in [0.3, 0.4) is 0 Å². The van der Waals surface area contributed by atoms with E-state index in [2.05, 4.69) is 5.32 Å². The smallest absolute Gasteiger partial charge is 0.159 e. The Morgan fingerprint density at radius 1 is 1.29 bits per heavy atom. The third kappa shape index (κ3) is 3.01. The maximum atomic E-state index is 13.1. The van der Waals surface area contributed by atoms with Gasteiger partial charge in [-0.3, -0.25) is 0 Å². The van der Waals surface area contributed by atoms with E-state index in [9.17, 15) is 8.78 Å². The fraction of sp³-hybridized carbons (Fsp3) is 0.538. The number of hydrogen-bond acceptors (Lipinski definition) is 2. The highest BCUT2D eigenvalue weighted by molar-refractivity contribution is 5.21. The van der Waals surface area contributed by atoms with Crippen LogP contribution in [0.5, 0.6) is 0 Å². The van der Waals surface area contributed by atoms with Gasteiger partial charge in [-0.2, -0.15) is 0 Å². The van der Waals surface area contributed by atoms with Crippen LogP contribution in [0.4, 0.5) is 8.78 Å². The minimum atomic E-state index is -0.802. The molecular formula is C13H18F2N2. The maximum Gasteiger partial charge on any atom is 0.159 e. The van der Waals surface area contributed by atoms with Gasteiger partial charge in [-0.15, -0.1) is 0 Å². The summed E-state index contributed by atoms with van der Waals surface area (Å²) >= 11 is 0. The molecule has 1 aliphatic carbocycles. The fourth-order valence-corrected chi connectivity index (χ4v) is 2.40. The molecule has 0 bridgehead atoms. The van der Waals surface area contributed by atoms with Crippen LogP contribution in [0.25, 0.3) is 0 Å². The third-order valence-corrected chi connectivity index (χ3v) is 3.40. The summed E-state index contributed by atoms with van der Waals surface area (Å²) < 4.78 is 25.9. The summed E-state index contributed by atoms with van der Waals surface area (Å²) in [7, 11) is 0. The van der Waals surface area contributed by atoms with Gasteiger partial charge < -0.3 is 11.1 Å². The van der Waals surface area contributed by atoms with Gasteiger partial charge in [0.2, 0.25) is 0 Å². The largest absolute Gasteiger partial charge is 0.328 e. The molecule has 2 rings (SSSR count). The Hall–Kier alpha value is -1.00. The molecule has 4 heteroatoms. The van der Waals surface area contributed by atoms with E-state index in [1.807, 2.05) is 6.92 Å². The molecule has 1 aromatic rings. The highest BCUT2D eigenvalue weighted by Gasteiger charge is 2.23. The second-order valence-electron chi connectivity index (χ2n) is 4.83. The minimum absolute atomic E-state index is 0.0143. The molecule has 94 valence electrons. The normalized spacial score (nSPS) is 26.1. The molecular weight excluding hydrogens is 222 g/mol. The van der Waals surface area contributed by atoms with Crippen LogP contribution in [-0.2, 0) is 0 Å². The molecule has 3 atom stereocenters. The van der Waals surface area contributed by atoms with Gasteiger partial charge in [-0.1, -0.05) is 6.07 Å². The first kappa shape index (κ1) is 12.5. The van der Waals surface area contributed by atoms with E-state index < -0.39 is 11.6 Å². The lowest BCUT2D eigenvalue weighted by Gasteiger charge is -2.19. The third-order valence-electron chi connectivity index (χ3n) is 3.40. The van der Waals surface area contributed by atoms with Crippen LogP contribution in [0, 0.1) is 11.6 Å². The number of benzene rings is 1. The molecule has 3 N–H and O–H groups in total. The van der Waals surface area contributed by atoms with Crippen molar-refractivity contribution in [2.75, 3.05) is 0 Å². The van der Waals surface area contributed by atoms with Crippen LogP contribution < -0.4 is 11.1 Å². The lowest BCUT2D eigenvalue weighted by molar-refractivity contribution is 0.451. The molecule has 1 aliphatic rings. The van der Waals surface area contributed by atoms with Crippen molar-refractivity contribution in [3.05, 3.63) is 35.4 Å². The summed E-state index contributed by atoms with van der Waals surface area (Å²) in [6.07, 6.45) is 3.03. The van der Waals surface area contributed by atoms with Crippen LogP contribution in [0.1, 0.15) is 37.8 Å². The Morgan fingerprint density at radius 2 is 2.06 bits per heavy atom. The van der Waals surface area contributed by atoms with Crippen molar-refractivity contribution >= 4 is 0 Å². The minimum Gasteiger partial charge on any atom is -0.328 e. The van der Waals surface area contributed by atoms with Gasteiger partial charge in [0.25, 0.3) is 0 Å². The van der Waals surface area contributed by atoms with Gasteiger partial charge in [0.1, 0.15) is 0 Å². The first-order valence-electron chi connectivity index (χ1n) is 6.03. The summed E-state index contributed by atoms with van der Waals surface area (Å²) in [5.41, 5.74) is 6.60. The summed E-state index contributed by atoms with van der Waals surface area (Å²) in [6.45, 7) is 1.95. The van der Waals surface area contributed by atoms with E-state index >= 15 is 0 Å². The van der Waals surface area contributed by atoms with E-state index in [-0.39, 0.29) is 12.1 Å². The Balaban J connectivity index is 1.99. The molecule has 0 heterocycles. The van der Waals surface area contributed by atoms with Crippen molar-refractivity contribution in [2.24, 2.45) is 5.73 Å². The van der Waals surface area contributed by atoms with Crippen molar-refractivity contribution in [1.29, 1.82) is 0 Å². The fourth-order valence-electron chi connectivity index (χ4n) is 2.40. The second-order valence-corrected chi connectivity index (χ2v) is 4.83. The van der Waals surface area contributed by atoms with E-state index in [0.717, 1.165) is 24.8 Å². The zero-order valence-corrected chi connectivity index (χ0v) is 9.92. The molecule has 0 aliphatic heterocycles. The van der Waals surface area contributed by atoms with E-state index in [1.54, 1.807) is 6.07 Å². The molecule has 0 saturated heterocycles.